The van der Waals surface area contributed by atoms with Gasteiger partial charge < -0.3 is 20.8 Å². The Morgan fingerprint density at radius 3 is 2.17 bits per heavy atom. The van der Waals surface area contributed by atoms with E-state index < -0.39 is 10.0 Å². The first-order valence-corrected chi connectivity index (χ1v) is 6.84. The molecule has 1 rings (SSSR count). The second-order valence-corrected chi connectivity index (χ2v) is 5.20. The summed E-state index contributed by atoms with van der Waals surface area (Å²) in [7, 11) is -3.90. The van der Waals surface area contributed by atoms with Gasteiger partial charge in [0.25, 0.3) is 0 Å². The Hall–Kier alpha value is -1.35. The minimum atomic E-state index is -3.90. The van der Waals surface area contributed by atoms with Gasteiger partial charge in [0.05, 0.1) is 24.6 Å². The number of nitrogens with zero attached hydrogens (tertiary/aromatic N) is 1. The maximum atomic E-state index is 11.3. The summed E-state index contributed by atoms with van der Waals surface area (Å²) in [5.74, 6) is 0. The standard InChI is InChI=1S/C10H17N3O4S/c11-10-8(13(4-6-14)5-7-15)2-1-3-9(10)18(12,16)17/h1-3,14-15H,4-7,11H2,(H2,12,16,17). The molecule has 0 aliphatic rings. The molecule has 0 spiro atoms. The van der Waals surface area contributed by atoms with Crippen LogP contribution in [0.1, 0.15) is 0 Å². The molecule has 0 unspecified atom stereocenters. The van der Waals surface area contributed by atoms with Crippen LogP contribution in [0.4, 0.5) is 11.4 Å². The number of hydrogen-bond donors (Lipinski definition) is 4. The number of aliphatic hydroxyl groups excluding tert-OH is 2. The van der Waals surface area contributed by atoms with Crippen LogP contribution in [0.2, 0.25) is 0 Å². The molecule has 8 heteroatoms. The molecule has 0 aliphatic heterocycles. The molecule has 0 amide bonds. The van der Waals surface area contributed by atoms with Gasteiger partial charge in [-0.3, -0.25) is 0 Å². The van der Waals surface area contributed by atoms with Gasteiger partial charge in [-0.25, -0.2) is 13.6 Å². The first-order chi connectivity index (χ1) is 8.41. The fourth-order valence-electron chi connectivity index (χ4n) is 1.65. The molecule has 0 aromatic heterocycles. The average Bonchev–Trinajstić information content (AvgIpc) is 2.27. The molecule has 0 saturated carbocycles. The first-order valence-electron chi connectivity index (χ1n) is 5.29. The maximum Gasteiger partial charge on any atom is 0.240 e. The average molecular weight is 275 g/mol. The van der Waals surface area contributed by atoms with Crippen LogP contribution in [-0.4, -0.2) is 44.9 Å². The van der Waals surface area contributed by atoms with Gasteiger partial charge in [0.1, 0.15) is 4.90 Å². The number of aliphatic hydroxyl groups is 2. The maximum absolute atomic E-state index is 11.3. The largest absolute Gasteiger partial charge is 0.396 e. The zero-order valence-corrected chi connectivity index (χ0v) is 10.6. The van der Waals surface area contributed by atoms with E-state index in [4.69, 9.17) is 21.1 Å². The quantitative estimate of drug-likeness (QED) is 0.478. The molecule has 6 N–H and O–H groups in total. The summed E-state index contributed by atoms with van der Waals surface area (Å²) in [6.45, 7) is 0.190. The highest BCUT2D eigenvalue weighted by Gasteiger charge is 2.17. The normalized spacial score (nSPS) is 11.5. The molecule has 0 saturated heterocycles. The Morgan fingerprint density at radius 1 is 1.17 bits per heavy atom. The van der Waals surface area contributed by atoms with E-state index >= 15 is 0 Å². The van der Waals surface area contributed by atoms with E-state index in [2.05, 4.69) is 0 Å². The van der Waals surface area contributed by atoms with E-state index in [1.807, 2.05) is 0 Å². The molecule has 0 atom stereocenters. The van der Waals surface area contributed by atoms with Crippen molar-refractivity contribution < 1.29 is 18.6 Å². The van der Waals surface area contributed by atoms with Gasteiger partial charge in [0.15, 0.2) is 0 Å². The third-order valence-corrected chi connectivity index (χ3v) is 3.40. The lowest BCUT2D eigenvalue weighted by molar-refractivity contribution is 0.281. The molecule has 7 nitrogen and oxygen atoms in total. The number of nitrogens with two attached hydrogens (primary N) is 2. The number of sulfonamides is 1. The smallest absolute Gasteiger partial charge is 0.240 e. The van der Waals surface area contributed by atoms with Crippen molar-refractivity contribution in [1.29, 1.82) is 0 Å². The molecule has 0 heterocycles. The van der Waals surface area contributed by atoms with Crippen molar-refractivity contribution in [3.05, 3.63) is 18.2 Å². The summed E-state index contributed by atoms with van der Waals surface area (Å²) in [4.78, 5) is 1.42. The van der Waals surface area contributed by atoms with Crippen LogP contribution >= 0.6 is 0 Å². The minimum Gasteiger partial charge on any atom is -0.396 e. The zero-order chi connectivity index (χ0) is 13.8. The van der Waals surface area contributed by atoms with Crippen molar-refractivity contribution in [2.45, 2.75) is 4.90 Å². The molecule has 0 fully saturated rings. The Kier molecular flexibility index (Phi) is 4.91. The lowest BCUT2D eigenvalue weighted by atomic mass is 10.2. The first kappa shape index (κ1) is 14.7. The number of primary sulfonamides is 1. The van der Waals surface area contributed by atoms with Crippen LogP contribution in [0, 0.1) is 0 Å². The molecule has 0 radical (unpaired) electrons. The number of benzene rings is 1. The summed E-state index contributed by atoms with van der Waals surface area (Å²) < 4.78 is 22.6. The second kappa shape index (κ2) is 6.01. The van der Waals surface area contributed by atoms with Crippen LogP contribution in [0.15, 0.2) is 23.1 Å². The van der Waals surface area contributed by atoms with Crippen molar-refractivity contribution in [3.63, 3.8) is 0 Å². The highest BCUT2D eigenvalue weighted by atomic mass is 32.2. The third-order valence-electron chi connectivity index (χ3n) is 2.43. The van der Waals surface area contributed by atoms with Crippen LogP contribution in [0.25, 0.3) is 0 Å². The minimum absolute atomic E-state index is 0.0156. The van der Waals surface area contributed by atoms with Crippen LogP contribution < -0.4 is 15.8 Å². The molecule has 0 aliphatic carbocycles. The fourth-order valence-corrected chi connectivity index (χ4v) is 2.33. The fraction of sp³-hybridized carbons (Fsp3) is 0.400. The van der Waals surface area contributed by atoms with Gasteiger partial charge >= 0.3 is 0 Å². The number of para-hydroxylation sites is 1. The van der Waals surface area contributed by atoms with E-state index in [1.54, 1.807) is 11.0 Å². The monoisotopic (exact) mass is 275 g/mol. The summed E-state index contributed by atoms with van der Waals surface area (Å²) >= 11 is 0. The molecule has 1 aromatic rings. The zero-order valence-electron chi connectivity index (χ0n) is 9.78. The summed E-state index contributed by atoms with van der Waals surface area (Å²) in [5, 5.41) is 22.9. The molecular formula is C10H17N3O4S. The Bertz CT molecular complexity index is 498. The van der Waals surface area contributed by atoms with E-state index in [0.717, 1.165) is 0 Å². The van der Waals surface area contributed by atoms with Gasteiger partial charge in [-0.2, -0.15) is 0 Å². The van der Waals surface area contributed by atoms with Gasteiger partial charge in [-0.05, 0) is 12.1 Å². The summed E-state index contributed by atoms with van der Waals surface area (Å²) in [5.41, 5.74) is 6.20. The summed E-state index contributed by atoms with van der Waals surface area (Å²) in [6, 6.07) is 4.42. The molecule has 1 aromatic carbocycles. The lowest BCUT2D eigenvalue weighted by Gasteiger charge is -2.25. The topological polar surface area (TPSA) is 130 Å². The van der Waals surface area contributed by atoms with Crippen LogP contribution in [0.5, 0.6) is 0 Å². The van der Waals surface area contributed by atoms with Crippen molar-refractivity contribution in [1.82, 2.24) is 0 Å². The van der Waals surface area contributed by atoms with E-state index in [9.17, 15) is 8.42 Å². The van der Waals surface area contributed by atoms with Gasteiger partial charge in [-0.1, -0.05) is 6.07 Å². The second-order valence-electron chi connectivity index (χ2n) is 3.67. The number of hydrogen-bond acceptors (Lipinski definition) is 6. The predicted octanol–water partition coefficient (Wildman–Crippen LogP) is -1.29. The highest BCUT2D eigenvalue weighted by Crippen LogP contribution is 2.28. The molecule has 102 valence electrons. The number of nitrogen functional groups attached to an aromatic ring is 1. The van der Waals surface area contributed by atoms with E-state index in [-0.39, 0.29) is 36.9 Å². The van der Waals surface area contributed by atoms with E-state index in [1.165, 1.54) is 12.1 Å². The van der Waals surface area contributed by atoms with Crippen LogP contribution in [-0.2, 0) is 10.0 Å². The highest BCUT2D eigenvalue weighted by molar-refractivity contribution is 7.89. The lowest BCUT2D eigenvalue weighted by Crippen LogP contribution is -2.30. The van der Waals surface area contributed by atoms with Crippen molar-refractivity contribution in [3.8, 4) is 0 Å². The SMILES string of the molecule is Nc1c(N(CCO)CCO)cccc1S(N)(=O)=O. The third kappa shape index (κ3) is 3.33. The van der Waals surface area contributed by atoms with E-state index in [0.29, 0.717) is 5.69 Å². The number of anilines is 2. The molecular weight excluding hydrogens is 258 g/mol. The van der Waals surface area contributed by atoms with Crippen molar-refractivity contribution in [2.24, 2.45) is 5.14 Å². The van der Waals surface area contributed by atoms with Crippen LogP contribution in [0.3, 0.4) is 0 Å². The van der Waals surface area contributed by atoms with Crippen molar-refractivity contribution in [2.75, 3.05) is 36.9 Å². The van der Waals surface area contributed by atoms with Crippen molar-refractivity contribution >= 4 is 21.4 Å². The molecule has 0 bridgehead atoms. The van der Waals surface area contributed by atoms with Gasteiger partial charge in [0, 0.05) is 13.1 Å². The molecule has 18 heavy (non-hydrogen) atoms. The Morgan fingerprint density at radius 2 is 1.72 bits per heavy atom. The predicted molar refractivity (Wildman–Crippen MR) is 68.6 cm³/mol. The number of rotatable bonds is 6. The van der Waals surface area contributed by atoms with Gasteiger partial charge in [-0.15, -0.1) is 0 Å². The Labute approximate surface area is 106 Å². The summed E-state index contributed by atoms with van der Waals surface area (Å²) in [6.07, 6.45) is 0. The Balaban J connectivity index is 3.24. The van der Waals surface area contributed by atoms with Gasteiger partial charge in [0.2, 0.25) is 10.0 Å².